The Morgan fingerprint density at radius 2 is 2.04 bits per heavy atom. The molecule has 1 aromatic heterocycles. The minimum atomic E-state index is 0. The van der Waals surface area contributed by atoms with Crippen LogP contribution in [0.4, 0.5) is 0 Å². The average Bonchev–Trinajstić information content (AvgIpc) is 3.28. The number of nitrogens with one attached hydrogen (secondary N) is 1. The zero-order valence-electron chi connectivity index (χ0n) is 14.5. The van der Waals surface area contributed by atoms with Gasteiger partial charge < -0.3 is 15.0 Å². The molecule has 0 radical (unpaired) electrons. The molecule has 0 aliphatic carbocycles. The van der Waals surface area contributed by atoms with Crippen LogP contribution >= 0.6 is 36.2 Å². The standard InChI is InChI=1S/C18H21N3O2S.2ClH/c1-12-20-16(11-24-12)10-23-17-4-2-3-13(5-17)18(22)21-8-14-6-19-7-15(14)9-21;;/h2-5,11,14-15,19H,6-10H2,1H3;2*1H/t14-,15+;;. The number of thiazole rings is 1. The normalized spacial score (nSPS) is 20.9. The first-order valence-electron chi connectivity index (χ1n) is 8.33. The molecule has 0 spiro atoms. The van der Waals surface area contributed by atoms with Gasteiger partial charge in [-0.3, -0.25) is 4.79 Å². The molecule has 2 atom stereocenters. The lowest BCUT2D eigenvalue weighted by Gasteiger charge is -2.18. The van der Waals surface area contributed by atoms with Crippen molar-refractivity contribution in [3.05, 3.63) is 45.9 Å². The van der Waals surface area contributed by atoms with Crippen LogP contribution in [0, 0.1) is 18.8 Å². The Hall–Kier alpha value is -1.34. The van der Waals surface area contributed by atoms with Crippen molar-refractivity contribution in [1.29, 1.82) is 0 Å². The van der Waals surface area contributed by atoms with E-state index >= 15 is 0 Å². The summed E-state index contributed by atoms with van der Waals surface area (Å²) in [6.45, 7) is 6.20. The second-order valence-electron chi connectivity index (χ2n) is 6.56. The van der Waals surface area contributed by atoms with Crippen LogP contribution in [0.2, 0.25) is 0 Å². The van der Waals surface area contributed by atoms with E-state index in [1.165, 1.54) is 0 Å². The molecule has 2 saturated heterocycles. The summed E-state index contributed by atoms with van der Waals surface area (Å²) in [6.07, 6.45) is 0. The largest absolute Gasteiger partial charge is 0.487 e. The van der Waals surface area contributed by atoms with Crippen molar-refractivity contribution in [3.8, 4) is 5.75 Å². The minimum Gasteiger partial charge on any atom is -0.487 e. The van der Waals surface area contributed by atoms with Crippen molar-refractivity contribution < 1.29 is 9.53 Å². The molecule has 5 nitrogen and oxygen atoms in total. The first-order chi connectivity index (χ1) is 11.7. The van der Waals surface area contributed by atoms with Gasteiger partial charge in [0.2, 0.25) is 0 Å². The summed E-state index contributed by atoms with van der Waals surface area (Å²) in [5, 5.41) is 6.44. The van der Waals surface area contributed by atoms with E-state index in [0.29, 0.717) is 29.8 Å². The third kappa shape index (κ3) is 4.49. The van der Waals surface area contributed by atoms with Gasteiger partial charge in [-0.15, -0.1) is 36.2 Å². The van der Waals surface area contributed by atoms with Crippen LogP contribution in [-0.4, -0.2) is 42.0 Å². The Labute approximate surface area is 170 Å². The number of amides is 1. The number of halogens is 2. The molecule has 4 rings (SSSR count). The van der Waals surface area contributed by atoms with Gasteiger partial charge in [-0.1, -0.05) is 6.07 Å². The van der Waals surface area contributed by atoms with Crippen molar-refractivity contribution in [2.24, 2.45) is 11.8 Å². The van der Waals surface area contributed by atoms with Gasteiger partial charge in [0.25, 0.3) is 5.91 Å². The maximum absolute atomic E-state index is 12.7. The van der Waals surface area contributed by atoms with Crippen molar-refractivity contribution in [2.45, 2.75) is 13.5 Å². The van der Waals surface area contributed by atoms with Crippen molar-refractivity contribution in [1.82, 2.24) is 15.2 Å². The smallest absolute Gasteiger partial charge is 0.254 e. The van der Waals surface area contributed by atoms with Crippen LogP contribution in [0.15, 0.2) is 29.6 Å². The van der Waals surface area contributed by atoms with Crippen LogP contribution in [0.25, 0.3) is 0 Å². The molecule has 8 heteroatoms. The second-order valence-corrected chi connectivity index (χ2v) is 7.63. The molecule has 142 valence electrons. The third-order valence-corrected chi connectivity index (χ3v) is 5.63. The number of aryl methyl sites for hydroxylation is 1. The summed E-state index contributed by atoms with van der Waals surface area (Å²) in [4.78, 5) is 19.1. The number of hydrogen-bond acceptors (Lipinski definition) is 5. The molecule has 2 fully saturated rings. The van der Waals surface area contributed by atoms with Crippen molar-refractivity contribution in [3.63, 3.8) is 0 Å². The summed E-state index contributed by atoms with van der Waals surface area (Å²) in [5.41, 5.74) is 1.63. The summed E-state index contributed by atoms with van der Waals surface area (Å²) in [5.74, 6) is 2.05. The molecular formula is C18H23Cl2N3O2S. The van der Waals surface area contributed by atoms with Gasteiger partial charge in [0, 0.05) is 37.1 Å². The Balaban J connectivity index is 0.00000121. The van der Waals surface area contributed by atoms with E-state index in [4.69, 9.17) is 4.74 Å². The number of nitrogens with zero attached hydrogens (tertiary/aromatic N) is 2. The third-order valence-electron chi connectivity index (χ3n) is 4.81. The van der Waals surface area contributed by atoms with E-state index in [1.54, 1.807) is 11.3 Å². The molecule has 1 N–H and O–H groups in total. The van der Waals surface area contributed by atoms with Gasteiger partial charge in [-0.2, -0.15) is 0 Å². The summed E-state index contributed by atoms with van der Waals surface area (Å²) in [6, 6.07) is 7.48. The molecule has 3 heterocycles. The quantitative estimate of drug-likeness (QED) is 0.832. The van der Waals surface area contributed by atoms with E-state index in [-0.39, 0.29) is 30.7 Å². The predicted molar refractivity (Wildman–Crippen MR) is 108 cm³/mol. The van der Waals surface area contributed by atoms with E-state index in [0.717, 1.165) is 36.9 Å². The highest BCUT2D eigenvalue weighted by Crippen LogP contribution is 2.28. The van der Waals surface area contributed by atoms with Gasteiger partial charge in [-0.25, -0.2) is 4.98 Å². The molecule has 0 bridgehead atoms. The highest BCUT2D eigenvalue weighted by atomic mass is 35.5. The van der Waals surface area contributed by atoms with Gasteiger partial charge in [0.15, 0.2) is 0 Å². The first kappa shape index (κ1) is 21.0. The molecule has 2 aliphatic rings. The van der Waals surface area contributed by atoms with Gasteiger partial charge in [0.05, 0.1) is 10.7 Å². The lowest BCUT2D eigenvalue weighted by molar-refractivity contribution is 0.0781. The van der Waals surface area contributed by atoms with Gasteiger partial charge in [0.1, 0.15) is 12.4 Å². The summed E-state index contributed by atoms with van der Waals surface area (Å²) >= 11 is 1.62. The van der Waals surface area contributed by atoms with Crippen molar-refractivity contribution >= 4 is 42.1 Å². The maximum Gasteiger partial charge on any atom is 0.254 e. The molecule has 1 amide bonds. The minimum absolute atomic E-state index is 0. The Kier molecular flexibility index (Phi) is 7.29. The van der Waals surface area contributed by atoms with Crippen LogP contribution in [-0.2, 0) is 6.61 Å². The molecule has 26 heavy (non-hydrogen) atoms. The molecule has 0 saturated carbocycles. The first-order valence-corrected chi connectivity index (χ1v) is 9.21. The van der Waals surface area contributed by atoms with E-state index < -0.39 is 0 Å². The highest BCUT2D eigenvalue weighted by molar-refractivity contribution is 7.09. The predicted octanol–water partition coefficient (Wildman–Crippen LogP) is 3.17. The topological polar surface area (TPSA) is 54.5 Å². The molecular weight excluding hydrogens is 393 g/mol. The zero-order chi connectivity index (χ0) is 16.5. The monoisotopic (exact) mass is 415 g/mol. The van der Waals surface area contributed by atoms with Gasteiger partial charge >= 0.3 is 0 Å². The van der Waals surface area contributed by atoms with Crippen LogP contribution < -0.4 is 10.1 Å². The number of carbonyl (C=O) groups excluding carboxylic acids is 1. The molecule has 2 aliphatic heterocycles. The van der Waals surface area contributed by atoms with Crippen LogP contribution in [0.5, 0.6) is 5.75 Å². The number of benzene rings is 1. The van der Waals surface area contributed by atoms with E-state index in [2.05, 4.69) is 10.3 Å². The fourth-order valence-corrected chi connectivity index (χ4v) is 4.15. The van der Waals surface area contributed by atoms with E-state index in [1.807, 2.05) is 41.5 Å². The number of aromatic nitrogens is 1. The molecule has 2 aromatic rings. The lowest BCUT2D eigenvalue weighted by atomic mass is 10.0. The Bertz CT molecular complexity index is 744. The number of ether oxygens (including phenoxy) is 1. The van der Waals surface area contributed by atoms with E-state index in [9.17, 15) is 4.79 Å². The zero-order valence-corrected chi connectivity index (χ0v) is 17.0. The summed E-state index contributed by atoms with van der Waals surface area (Å²) < 4.78 is 5.80. The Morgan fingerprint density at radius 1 is 1.31 bits per heavy atom. The average molecular weight is 416 g/mol. The molecule has 0 unspecified atom stereocenters. The summed E-state index contributed by atoms with van der Waals surface area (Å²) in [7, 11) is 0. The SMILES string of the molecule is Cc1nc(COc2cccc(C(=O)N3C[C@H]4CNC[C@H]4C3)c2)cs1.Cl.Cl. The van der Waals surface area contributed by atoms with Crippen LogP contribution in [0.3, 0.4) is 0 Å². The number of rotatable bonds is 4. The number of hydrogen-bond donors (Lipinski definition) is 1. The fraction of sp³-hybridized carbons (Fsp3) is 0.444. The fourth-order valence-electron chi connectivity index (χ4n) is 3.55. The second kappa shape index (κ2) is 9.04. The highest BCUT2D eigenvalue weighted by Gasteiger charge is 2.38. The molecule has 1 aromatic carbocycles. The van der Waals surface area contributed by atoms with Gasteiger partial charge in [-0.05, 0) is 37.0 Å². The number of fused-ring (bicyclic) bond motifs is 1. The lowest BCUT2D eigenvalue weighted by Crippen LogP contribution is -2.31. The Morgan fingerprint density at radius 3 is 2.69 bits per heavy atom. The van der Waals surface area contributed by atoms with Crippen LogP contribution in [0.1, 0.15) is 21.1 Å². The number of likely N-dealkylation sites (tertiary alicyclic amines) is 1. The number of carbonyl (C=O) groups is 1. The maximum atomic E-state index is 12.7. The van der Waals surface area contributed by atoms with Crippen molar-refractivity contribution in [2.75, 3.05) is 26.2 Å².